The highest BCUT2D eigenvalue weighted by Crippen LogP contribution is 2.35. The van der Waals surface area contributed by atoms with Gasteiger partial charge >= 0.3 is 0 Å². The molecule has 28 heavy (non-hydrogen) atoms. The van der Waals surface area contributed by atoms with Crippen molar-refractivity contribution in [3.05, 3.63) is 60.3 Å². The number of benzene rings is 2. The number of para-hydroxylation sites is 3. The first-order chi connectivity index (χ1) is 13.7. The second kappa shape index (κ2) is 6.80. The molecule has 3 heterocycles. The Morgan fingerprint density at radius 2 is 1.61 bits per heavy atom. The number of aromatic amines is 1. The Bertz CT molecular complexity index is 1070. The van der Waals surface area contributed by atoms with Gasteiger partial charge < -0.3 is 14.8 Å². The molecule has 0 atom stereocenters. The summed E-state index contributed by atoms with van der Waals surface area (Å²) in [7, 11) is 2.18. The quantitative estimate of drug-likeness (QED) is 0.598. The number of aryl methyl sites for hydroxylation is 1. The minimum absolute atomic E-state index is 0.884. The molecule has 2 aromatic heterocycles. The van der Waals surface area contributed by atoms with Gasteiger partial charge in [0.05, 0.1) is 28.0 Å². The van der Waals surface area contributed by atoms with Gasteiger partial charge in [-0.15, -0.1) is 0 Å². The van der Waals surface area contributed by atoms with E-state index in [2.05, 4.69) is 63.8 Å². The van der Waals surface area contributed by atoms with Crippen molar-refractivity contribution in [2.24, 2.45) is 0 Å². The van der Waals surface area contributed by atoms with Gasteiger partial charge in [0, 0.05) is 26.2 Å². The van der Waals surface area contributed by atoms with E-state index < -0.39 is 0 Å². The van der Waals surface area contributed by atoms with E-state index in [1.54, 1.807) is 0 Å². The number of H-pyrrole nitrogens is 1. The molecule has 1 fully saturated rings. The van der Waals surface area contributed by atoms with Crippen molar-refractivity contribution in [2.45, 2.75) is 6.92 Å². The van der Waals surface area contributed by atoms with Crippen LogP contribution in [-0.2, 0) is 0 Å². The number of hydrogen-bond acceptors (Lipinski definition) is 4. The molecular weight excluding hydrogens is 348 g/mol. The Kier molecular flexibility index (Phi) is 4.13. The van der Waals surface area contributed by atoms with Crippen molar-refractivity contribution in [3.63, 3.8) is 0 Å². The number of imidazole rings is 1. The van der Waals surface area contributed by atoms with Gasteiger partial charge in [-0.1, -0.05) is 30.3 Å². The second-order valence-electron chi connectivity index (χ2n) is 7.42. The highest BCUT2D eigenvalue weighted by Gasteiger charge is 2.27. The number of fused-ring (bicyclic) bond motifs is 1. The topological polar surface area (TPSA) is 53.0 Å². The average molecular weight is 372 g/mol. The van der Waals surface area contributed by atoms with Gasteiger partial charge in [-0.2, -0.15) is 5.10 Å². The minimum Gasteiger partial charge on any atom is -0.353 e. The Hall–Kier alpha value is -3.12. The van der Waals surface area contributed by atoms with Gasteiger partial charge in [0.1, 0.15) is 11.6 Å². The lowest BCUT2D eigenvalue weighted by molar-refractivity contribution is 0.311. The molecule has 4 aromatic rings. The van der Waals surface area contributed by atoms with Crippen molar-refractivity contribution in [3.8, 4) is 17.1 Å². The standard InChI is InChI=1S/C22H24N6/c1-16-20(21-23-18-10-6-7-11-19(18)24-21)22(27-14-12-26(2)13-15-27)28(25-16)17-8-4-3-5-9-17/h3-11H,12-15H2,1-2H3,(H,23,24). The number of nitrogens with one attached hydrogen (secondary N) is 1. The van der Waals surface area contributed by atoms with Gasteiger partial charge in [-0.3, -0.25) is 0 Å². The van der Waals surface area contributed by atoms with E-state index in [0.29, 0.717) is 0 Å². The molecule has 0 bridgehead atoms. The van der Waals surface area contributed by atoms with E-state index in [1.165, 1.54) is 0 Å². The lowest BCUT2D eigenvalue weighted by Gasteiger charge is -2.34. The molecule has 6 heteroatoms. The Morgan fingerprint density at radius 1 is 0.893 bits per heavy atom. The number of anilines is 1. The molecule has 0 unspecified atom stereocenters. The third-order valence-corrected chi connectivity index (χ3v) is 5.47. The molecule has 0 aliphatic carbocycles. The van der Waals surface area contributed by atoms with Crippen LogP contribution in [0.3, 0.4) is 0 Å². The van der Waals surface area contributed by atoms with Gasteiger partial charge in [0.15, 0.2) is 0 Å². The van der Waals surface area contributed by atoms with Crippen LogP contribution < -0.4 is 4.90 Å². The molecule has 5 rings (SSSR count). The first-order valence-electron chi connectivity index (χ1n) is 9.74. The largest absolute Gasteiger partial charge is 0.353 e. The zero-order valence-electron chi connectivity index (χ0n) is 16.3. The normalized spacial score (nSPS) is 15.4. The molecular formula is C22H24N6. The third kappa shape index (κ3) is 2.86. The molecule has 0 spiro atoms. The fourth-order valence-corrected chi connectivity index (χ4v) is 3.92. The van der Waals surface area contributed by atoms with E-state index in [9.17, 15) is 0 Å². The van der Waals surface area contributed by atoms with E-state index in [1.807, 2.05) is 24.3 Å². The fourth-order valence-electron chi connectivity index (χ4n) is 3.92. The van der Waals surface area contributed by atoms with E-state index in [4.69, 9.17) is 10.1 Å². The Balaban J connectivity index is 1.70. The summed E-state index contributed by atoms with van der Waals surface area (Å²) < 4.78 is 2.07. The van der Waals surface area contributed by atoms with Crippen LogP contribution in [0.5, 0.6) is 0 Å². The molecule has 0 saturated carbocycles. The second-order valence-corrected chi connectivity index (χ2v) is 7.42. The highest BCUT2D eigenvalue weighted by molar-refractivity contribution is 5.84. The van der Waals surface area contributed by atoms with Crippen LogP contribution in [0.4, 0.5) is 5.82 Å². The van der Waals surface area contributed by atoms with Crippen LogP contribution in [0.2, 0.25) is 0 Å². The van der Waals surface area contributed by atoms with Gasteiger partial charge in [-0.25, -0.2) is 9.67 Å². The lowest BCUT2D eigenvalue weighted by atomic mass is 10.2. The zero-order valence-corrected chi connectivity index (χ0v) is 16.3. The molecule has 1 aliphatic rings. The predicted molar refractivity (Wildman–Crippen MR) is 113 cm³/mol. The Labute approximate surface area is 164 Å². The summed E-state index contributed by atoms with van der Waals surface area (Å²) in [5.74, 6) is 2.01. The summed E-state index contributed by atoms with van der Waals surface area (Å²) in [6, 6.07) is 18.5. The van der Waals surface area contributed by atoms with Gasteiger partial charge in [0.25, 0.3) is 0 Å². The summed E-state index contributed by atoms with van der Waals surface area (Å²) in [5.41, 5.74) is 5.17. The molecule has 6 nitrogen and oxygen atoms in total. The van der Waals surface area contributed by atoms with Crippen molar-refractivity contribution in [2.75, 3.05) is 38.1 Å². The predicted octanol–water partition coefficient (Wildman–Crippen LogP) is 3.48. The third-order valence-electron chi connectivity index (χ3n) is 5.47. The minimum atomic E-state index is 0.884. The lowest BCUT2D eigenvalue weighted by Crippen LogP contribution is -2.45. The van der Waals surface area contributed by atoms with E-state index in [-0.39, 0.29) is 0 Å². The average Bonchev–Trinajstić information content (AvgIpc) is 3.30. The van der Waals surface area contributed by atoms with Gasteiger partial charge in [0.2, 0.25) is 0 Å². The van der Waals surface area contributed by atoms with E-state index >= 15 is 0 Å². The summed E-state index contributed by atoms with van der Waals surface area (Å²) in [6.07, 6.45) is 0. The number of piperazine rings is 1. The van der Waals surface area contributed by atoms with Crippen LogP contribution in [0.25, 0.3) is 28.1 Å². The maximum Gasteiger partial charge on any atom is 0.144 e. The summed E-state index contributed by atoms with van der Waals surface area (Å²) in [5, 5.41) is 4.92. The fraction of sp³-hybridized carbons (Fsp3) is 0.273. The molecule has 2 aromatic carbocycles. The maximum atomic E-state index is 4.92. The summed E-state index contributed by atoms with van der Waals surface area (Å²) >= 11 is 0. The monoisotopic (exact) mass is 372 g/mol. The number of likely N-dealkylation sites (N-methyl/N-ethyl adjacent to an activating group) is 1. The van der Waals surface area contributed by atoms with Gasteiger partial charge in [-0.05, 0) is 38.2 Å². The van der Waals surface area contributed by atoms with Crippen LogP contribution in [0.15, 0.2) is 54.6 Å². The molecule has 0 amide bonds. The van der Waals surface area contributed by atoms with Crippen LogP contribution in [-0.4, -0.2) is 57.9 Å². The van der Waals surface area contributed by atoms with Crippen molar-refractivity contribution in [1.29, 1.82) is 0 Å². The molecule has 1 aliphatic heterocycles. The SMILES string of the molecule is Cc1nn(-c2ccccc2)c(N2CCN(C)CC2)c1-c1nc2ccccc2[nH]1. The molecule has 0 radical (unpaired) electrons. The first kappa shape index (κ1) is 17.0. The summed E-state index contributed by atoms with van der Waals surface area (Å²) in [6.45, 7) is 6.10. The zero-order chi connectivity index (χ0) is 19.1. The Morgan fingerprint density at radius 3 is 2.36 bits per heavy atom. The maximum absolute atomic E-state index is 4.92. The van der Waals surface area contributed by atoms with Crippen molar-refractivity contribution < 1.29 is 0 Å². The smallest absolute Gasteiger partial charge is 0.144 e. The molecule has 142 valence electrons. The molecule has 1 saturated heterocycles. The number of nitrogens with zero attached hydrogens (tertiary/aromatic N) is 5. The van der Waals surface area contributed by atoms with E-state index in [0.717, 1.165) is 65.8 Å². The molecule has 1 N–H and O–H groups in total. The summed E-state index contributed by atoms with van der Waals surface area (Å²) in [4.78, 5) is 13.2. The van der Waals surface area contributed by atoms with Crippen LogP contribution in [0.1, 0.15) is 5.69 Å². The van der Waals surface area contributed by atoms with Crippen LogP contribution in [0, 0.1) is 6.92 Å². The highest BCUT2D eigenvalue weighted by atomic mass is 15.4. The first-order valence-corrected chi connectivity index (χ1v) is 9.74. The number of hydrogen-bond donors (Lipinski definition) is 1. The van der Waals surface area contributed by atoms with Crippen molar-refractivity contribution in [1.82, 2.24) is 24.6 Å². The van der Waals surface area contributed by atoms with Crippen molar-refractivity contribution >= 4 is 16.9 Å². The number of rotatable bonds is 3. The van der Waals surface area contributed by atoms with Crippen LogP contribution >= 0.6 is 0 Å². The number of aromatic nitrogens is 4.